The van der Waals surface area contributed by atoms with Crippen molar-refractivity contribution in [3.05, 3.63) is 48.0 Å². The van der Waals surface area contributed by atoms with Crippen LogP contribution in [0.4, 0.5) is 12.3 Å². The van der Waals surface area contributed by atoms with E-state index in [2.05, 4.69) is 0 Å². The van der Waals surface area contributed by atoms with Gasteiger partial charge in [-0.05, 0) is 12.5 Å². The second-order valence-corrected chi connectivity index (χ2v) is 4.66. The summed E-state index contributed by atoms with van der Waals surface area (Å²) in [6, 6.07) is 8.02. The van der Waals surface area contributed by atoms with Crippen LogP contribution in [0, 0.1) is 0 Å². The molecule has 0 heterocycles. The first-order valence-corrected chi connectivity index (χ1v) is 6.01. The molecule has 1 aromatic carbocycles. The van der Waals surface area contributed by atoms with Gasteiger partial charge in [0.1, 0.15) is 0 Å². The zero-order valence-electron chi connectivity index (χ0n) is 7.75. The quantitative estimate of drug-likeness (QED) is 0.410. The van der Waals surface area contributed by atoms with E-state index in [-0.39, 0.29) is 0 Å². The highest BCUT2D eigenvalue weighted by Gasteiger charge is 2.46. The molecule has 1 atom stereocenters. The van der Waals surface area contributed by atoms with E-state index in [9.17, 15) is 12.3 Å². The van der Waals surface area contributed by atoms with Crippen molar-refractivity contribution in [2.24, 2.45) is 0 Å². The smallest absolute Gasteiger partial charge is 0.237 e. The maximum absolute atomic E-state index is 12.7. The first-order valence-electron chi connectivity index (χ1n) is 4.30. The van der Waals surface area contributed by atoms with Crippen LogP contribution < -0.4 is 0 Å². The van der Waals surface area contributed by atoms with Gasteiger partial charge in [-0.25, -0.2) is 12.3 Å². The lowest BCUT2D eigenvalue weighted by atomic mass is 10.1. The van der Waals surface area contributed by atoms with Crippen molar-refractivity contribution in [2.45, 2.75) is 12.5 Å². The second-order valence-electron chi connectivity index (χ2n) is 2.96. The van der Waals surface area contributed by atoms with Crippen molar-refractivity contribution in [3.63, 3.8) is 0 Å². The summed E-state index contributed by atoms with van der Waals surface area (Å²) in [6.07, 6.45) is 2.68. The molecule has 0 bridgehead atoms. The van der Waals surface area contributed by atoms with Gasteiger partial charge in [-0.3, -0.25) is 0 Å². The molecule has 0 nitrogen and oxygen atoms in total. The van der Waals surface area contributed by atoms with E-state index in [1.807, 2.05) is 0 Å². The van der Waals surface area contributed by atoms with Gasteiger partial charge in [0.15, 0.2) is 0 Å². The van der Waals surface area contributed by atoms with Gasteiger partial charge in [0.25, 0.3) is 0 Å². The van der Waals surface area contributed by atoms with Gasteiger partial charge in [-0.1, -0.05) is 42.5 Å². The first-order chi connectivity index (χ1) is 6.55. The maximum Gasteiger partial charge on any atom is 0.628 e. The van der Waals surface area contributed by atoms with E-state index in [4.69, 9.17) is 0 Å². The van der Waals surface area contributed by atoms with E-state index in [0.29, 0.717) is 5.56 Å². The van der Waals surface area contributed by atoms with Gasteiger partial charge in [-0.15, -0.1) is 0 Å². The van der Waals surface area contributed by atoms with Gasteiger partial charge >= 0.3 is 9.08 Å². The summed E-state index contributed by atoms with van der Waals surface area (Å²) in [6.45, 7) is 1.61. The molecule has 1 aromatic rings. The molecule has 0 fully saturated rings. The molecule has 0 aromatic heterocycles. The summed E-state index contributed by atoms with van der Waals surface area (Å²) >= 11 is 0. The summed E-state index contributed by atoms with van der Waals surface area (Å²) in [5, 5.41) is 0. The van der Waals surface area contributed by atoms with Crippen molar-refractivity contribution in [1.29, 1.82) is 0 Å². The lowest BCUT2D eigenvalue weighted by molar-refractivity contribution is 0.455. The molecule has 0 aliphatic rings. The third-order valence-electron chi connectivity index (χ3n) is 1.90. The number of hydrogen-bond acceptors (Lipinski definition) is 0. The van der Waals surface area contributed by atoms with Gasteiger partial charge in [-0.2, -0.15) is 0 Å². The minimum Gasteiger partial charge on any atom is -0.237 e. The lowest BCUT2D eigenvalue weighted by Gasteiger charge is -2.13. The first kappa shape index (κ1) is 11.0. The van der Waals surface area contributed by atoms with Gasteiger partial charge < -0.3 is 0 Å². The van der Waals surface area contributed by atoms with Crippen molar-refractivity contribution in [2.75, 3.05) is 0 Å². The maximum atomic E-state index is 12.7. The van der Waals surface area contributed by atoms with Gasteiger partial charge in [0.2, 0.25) is 0 Å². The molecular formula is C10H11F3Si. The molecule has 0 saturated carbocycles. The Morgan fingerprint density at radius 3 is 2.14 bits per heavy atom. The van der Waals surface area contributed by atoms with E-state index in [1.165, 1.54) is 24.3 Å². The average molecular weight is 216 g/mol. The highest BCUT2D eigenvalue weighted by Crippen LogP contribution is 2.31. The summed E-state index contributed by atoms with van der Waals surface area (Å²) in [5.74, 6) is 0. The number of hydrogen-bond donors (Lipinski definition) is 0. The molecule has 1 unspecified atom stereocenters. The minimum absolute atomic E-state index is 0.338. The molecule has 0 aliphatic heterocycles. The number of halogens is 3. The fraction of sp³-hybridized carbons (Fsp3) is 0.200. The fourth-order valence-electron chi connectivity index (χ4n) is 1.26. The fourth-order valence-corrected chi connectivity index (χ4v) is 2.24. The number of allylic oxidation sites excluding steroid dienone is 2. The molecule has 1 rings (SSSR count). The van der Waals surface area contributed by atoms with Crippen LogP contribution in [0.15, 0.2) is 42.5 Å². The normalized spacial score (nSPS) is 14.6. The Labute approximate surface area is 82.6 Å². The Balaban J connectivity index is 3.01. The molecule has 0 N–H and O–H groups in total. The third-order valence-corrected chi connectivity index (χ3v) is 3.13. The van der Waals surface area contributed by atoms with Gasteiger partial charge in [0.05, 0.1) is 5.54 Å². The summed E-state index contributed by atoms with van der Waals surface area (Å²) < 4.78 is 38.0. The highest BCUT2D eigenvalue weighted by atomic mass is 28.5. The van der Waals surface area contributed by atoms with E-state index in [1.54, 1.807) is 25.1 Å². The van der Waals surface area contributed by atoms with Crippen LogP contribution in [0.1, 0.15) is 18.0 Å². The third kappa shape index (κ3) is 2.73. The standard InChI is InChI=1S/C10H11F3Si/c1-2-6-10(14(11,12)13)9-7-4-3-5-8-9/h2-8,10H,1H3/b6-2-. The largest absolute Gasteiger partial charge is 0.628 e. The number of rotatable bonds is 3. The molecule has 0 radical (unpaired) electrons. The Hall–Kier alpha value is -1.03. The van der Waals surface area contributed by atoms with Crippen LogP contribution in [0.5, 0.6) is 0 Å². The average Bonchev–Trinajstić information content (AvgIpc) is 2.14. The van der Waals surface area contributed by atoms with Crippen molar-refractivity contribution in [1.82, 2.24) is 0 Å². The van der Waals surface area contributed by atoms with E-state index < -0.39 is 14.6 Å². The zero-order valence-corrected chi connectivity index (χ0v) is 8.75. The molecule has 0 aliphatic carbocycles. The van der Waals surface area contributed by atoms with E-state index in [0.717, 1.165) is 0 Å². The van der Waals surface area contributed by atoms with Crippen molar-refractivity contribution in [3.8, 4) is 0 Å². The van der Waals surface area contributed by atoms with Crippen LogP contribution in [-0.2, 0) is 0 Å². The summed E-state index contributed by atoms with van der Waals surface area (Å²) in [7, 11) is -5.64. The van der Waals surface area contributed by atoms with Crippen LogP contribution in [0.2, 0.25) is 0 Å². The molecule has 0 amide bonds. The molecule has 76 valence electrons. The van der Waals surface area contributed by atoms with Crippen molar-refractivity contribution >= 4 is 9.08 Å². The summed E-state index contributed by atoms with van der Waals surface area (Å²) in [4.78, 5) is 0. The zero-order chi connectivity index (χ0) is 10.6. The molecular weight excluding hydrogens is 205 g/mol. The molecule has 0 spiro atoms. The monoisotopic (exact) mass is 216 g/mol. The Kier molecular flexibility index (Phi) is 3.52. The SMILES string of the molecule is C/C=C\C(c1ccccc1)[Si](F)(F)F. The Morgan fingerprint density at radius 2 is 1.71 bits per heavy atom. The number of benzene rings is 1. The molecule has 0 saturated heterocycles. The lowest BCUT2D eigenvalue weighted by Crippen LogP contribution is -2.25. The predicted octanol–water partition coefficient (Wildman–Crippen LogP) is 3.73. The van der Waals surface area contributed by atoms with E-state index >= 15 is 0 Å². The minimum atomic E-state index is -5.64. The highest BCUT2D eigenvalue weighted by molar-refractivity contribution is 6.60. The second kappa shape index (κ2) is 4.46. The van der Waals surface area contributed by atoms with Crippen LogP contribution in [-0.4, -0.2) is 9.08 Å². The molecule has 4 heteroatoms. The Bertz CT molecular complexity index is 303. The van der Waals surface area contributed by atoms with Crippen molar-refractivity contribution < 1.29 is 12.3 Å². The predicted molar refractivity (Wildman–Crippen MR) is 53.1 cm³/mol. The van der Waals surface area contributed by atoms with Crippen LogP contribution >= 0.6 is 0 Å². The van der Waals surface area contributed by atoms with Crippen LogP contribution in [0.25, 0.3) is 0 Å². The van der Waals surface area contributed by atoms with Crippen LogP contribution in [0.3, 0.4) is 0 Å². The molecule has 14 heavy (non-hydrogen) atoms. The van der Waals surface area contributed by atoms with Gasteiger partial charge in [0, 0.05) is 0 Å². The Morgan fingerprint density at radius 1 is 1.14 bits per heavy atom. The summed E-state index contributed by atoms with van der Waals surface area (Å²) in [5.41, 5.74) is -1.02. The topological polar surface area (TPSA) is 0 Å².